The first kappa shape index (κ1) is 17.8. The molecule has 1 heterocycles. The van der Waals surface area contributed by atoms with Crippen molar-refractivity contribution in [1.82, 2.24) is 10.2 Å². The third kappa shape index (κ3) is 2.95. The van der Waals surface area contributed by atoms with E-state index >= 15 is 0 Å². The summed E-state index contributed by atoms with van der Waals surface area (Å²) >= 11 is 12.1. The summed E-state index contributed by atoms with van der Waals surface area (Å²) in [6, 6.07) is 18.1. The molecule has 1 N–H and O–H groups in total. The van der Waals surface area contributed by atoms with Crippen LogP contribution in [-0.2, 0) is 16.9 Å². The summed E-state index contributed by atoms with van der Waals surface area (Å²) in [5.74, 6) is -0.310. The van der Waals surface area contributed by atoms with Crippen LogP contribution >= 0.6 is 23.2 Å². The highest BCUT2D eigenvalue weighted by Crippen LogP contribution is 2.35. The van der Waals surface area contributed by atoms with Gasteiger partial charge in [0.15, 0.2) is 0 Å². The molecule has 4 nitrogen and oxygen atoms in total. The van der Waals surface area contributed by atoms with Crippen LogP contribution in [0.3, 0.4) is 0 Å². The van der Waals surface area contributed by atoms with Gasteiger partial charge in [-0.05, 0) is 41.0 Å². The van der Waals surface area contributed by atoms with Gasteiger partial charge >= 0.3 is 6.03 Å². The largest absolute Gasteiger partial charge is 0.325 e. The highest BCUT2D eigenvalue weighted by molar-refractivity contribution is 6.35. The molecule has 0 radical (unpaired) electrons. The standard InChI is InChI=1S/C21H16Cl2N2O2/c1-21(17-8-4-6-13-5-2-3-7-16(13)17)19(26)25(20(27)24-21)12-14-9-10-15(22)11-18(14)23/h2-11H,12H2,1H3,(H,24,27)/t21-/m1/s1. The topological polar surface area (TPSA) is 49.4 Å². The molecular weight excluding hydrogens is 383 g/mol. The summed E-state index contributed by atoms with van der Waals surface area (Å²) in [4.78, 5) is 27.0. The Morgan fingerprint density at radius 3 is 2.52 bits per heavy atom. The molecule has 136 valence electrons. The maximum Gasteiger partial charge on any atom is 0.325 e. The van der Waals surface area contributed by atoms with Gasteiger partial charge in [-0.1, -0.05) is 71.7 Å². The lowest BCUT2D eigenvalue weighted by Gasteiger charge is -2.24. The highest BCUT2D eigenvalue weighted by Gasteiger charge is 2.49. The van der Waals surface area contributed by atoms with E-state index in [-0.39, 0.29) is 12.5 Å². The van der Waals surface area contributed by atoms with Gasteiger partial charge in [-0.2, -0.15) is 0 Å². The van der Waals surface area contributed by atoms with Crippen LogP contribution in [0.4, 0.5) is 4.79 Å². The Morgan fingerprint density at radius 2 is 1.74 bits per heavy atom. The fourth-order valence-electron chi connectivity index (χ4n) is 3.50. The molecule has 0 aliphatic carbocycles. The number of nitrogens with zero attached hydrogens (tertiary/aromatic N) is 1. The van der Waals surface area contributed by atoms with Gasteiger partial charge in [-0.25, -0.2) is 4.79 Å². The number of rotatable bonds is 3. The van der Waals surface area contributed by atoms with Crippen molar-refractivity contribution < 1.29 is 9.59 Å². The summed E-state index contributed by atoms with van der Waals surface area (Å²) in [6.45, 7) is 1.82. The molecule has 1 saturated heterocycles. The summed E-state index contributed by atoms with van der Waals surface area (Å²) in [5, 5.41) is 5.72. The van der Waals surface area contributed by atoms with E-state index in [2.05, 4.69) is 5.32 Å². The third-order valence-electron chi connectivity index (χ3n) is 4.95. The number of urea groups is 1. The SMILES string of the molecule is C[C@]1(c2cccc3ccccc23)NC(=O)N(Cc2ccc(Cl)cc2Cl)C1=O. The molecule has 0 spiro atoms. The van der Waals surface area contributed by atoms with Crippen molar-refractivity contribution >= 4 is 45.9 Å². The smallest absolute Gasteiger partial charge is 0.319 e. The Morgan fingerprint density at radius 1 is 1.00 bits per heavy atom. The minimum absolute atomic E-state index is 0.0844. The van der Waals surface area contributed by atoms with Crippen LogP contribution < -0.4 is 5.32 Å². The van der Waals surface area contributed by atoms with Gasteiger partial charge in [0.05, 0.1) is 6.54 Å². The molecule has 0 aromatic heterocycles. The van der Waals surface area contributed by atoms with Crippen LogP contribution in [-0.4, -0.2) is 16.8 Å². The summed E-state index contributed by atoms with van der Waals surface area (Å²) in [6.07, 6.45) is 0. The fraction of sp³-hybridized carbons (Fsp3) is 0.143. The van der Waals surface area contributed by atoms with E-state index in [1.54, 1.807) is 25.1 Å². The number of hydrogen-bond donors (Lipinski definition) is 1. The minimum atomic E-state index is -1.14. The molecule has 3 aromatic carbocycles. The van der Waals surface area contributed by atoms with Crippen LogP contribution in [0, 0.1) is 0 Å². The number of carbonyl (C=O) groups excluding carboxylic acids is 2. The summed E-state index contributed by atoms with van der Waals surface area (Å²) in [7, 11) is 0. The van der Waals surface area contributed by atoms with Gasteiger partial charge in [0.2, 0.25) is 0 Å². The predicted octanol–water partition coefficient (Wildman–Crippen LogP) is 5.11. The lowest BCUT2D eigenvalue weighted by atomic mass is 9.88. The maximum atomic E-state index is 13.2. The van der Waals surface area contributed by atoms with E-state index in [0.717, 1.165) is 16.3 Å². The molecule has 1 fully saturated rings. The fourth-order valence-corrected chi connectivity index (χ4v) is 3.97. The second-order valence-corrected chi connectivity index (χ2v) is 7.55. The lowest BCUT2D eigenvalue weighted by Crippen LogP contribution is -2.41. The predicted molar refractivity (Wildman–Crippen MR) is 107 cm³/mol. The molecule has 0 bridgehead atoms. The van der Waals surface area contributed by atoms with Crippen molar-refractivity contribution in [2.24, 2.45) is 0 Å². The second-order valence-electron chi connectivity index (χ2n) is 6.71. The summed E-state index contributed by atoms with van der Waals surface area (Å²) < 4.78 is 0. The molecule has 3 amide bonds. The van der Waals surface area contributed by atoms with E-state index in [9.17, 15) is 9.59 Å². The number of fused-ring (bicyclic) bond motifs is 1. The van der Waals surface area contributed by atoms with Gasteiger partial charge in [-0.15, -0.1) is 0 Å². The van der Waals surface area contributed by atoms with Gasteiger partial charge in [0.1, 0.15) is 5.54 Å². The van der Waals surface area contributed by atoms with E-state index in [1.165, 1.54) is 4.90 Å². The zero-order valence-electron chi connectivity index (χ0n) is 14.5. The van der Waals surface area contributed by atoms with Gasteiger partial charge < -0.3 is 5.32 Å². The van der Waals surface area contributed by atoms with Crippen LogP contribution in [0.2, 0.25) is 10.0 Å². The van der Waals surface area contributed by atoms with Crippen molar-refractivity contribution in [2.45, 2.75) is 19.0 Å². The normalized spacial score (nSPS) is 19.6. The van der Waals surface area contributed by atoms with E-state index in [0.29, 0.717) is 15.6 Å². The zero-order chi connectivity index (χ0) is 19.2. The van der Waals surface area contributed by atoms with Crippen LogP contribution in [0.5, 0.6) is 0 Å². The first-order chi connectivity index (χ1) is 12.9. The van der Waals surface area contributed by atoms with Crippen LogP contribution in [0.25, 0.3) is 10.8 Å². The number of imide groups is 1. The van der Waals surface area contributed by atoms with Crippen molar-refractivity contribution in [2.75, 3.05) is 0 Å². The van der Waals surface area contributed by atoms with Gasteiger partial charge in [0, 0.05) is 10.0 Å². The maximum absolute atomic E-state index is 13.2. The van der Waals surface area contributed by atoms with Crippen molar-refractivity contribution in [3.8, 4) is 0 Å². The molecule has 4 rings (SSSR count). The number of benzene rings is 3. The number of amides is 3. The Hall–Kier alpha value is -2.56. The second kappa shape index (κ2) is 6.55. The van der Waals surface area contributed by atoms with E-state index < -0.39 is 11.6 Å². The Labute approximate surface area is 166 Å². The number of carbonyl (C=O) groups is 2. The Bertz CT molecular complexity index is 1080. The number of hydrogen-bond acceptors (Lipinski definition) is 2. The van der Waals surface area contributed by atoms with Crippen molar-refractivity contribution in [3.63, 3.8) is 0 Å². The molecule has 0 saturated carbocycles. The van der Waals surface area contributed by atoms with Gasteiger partial charge in [0.25, 0.3) is 5.91 Å². The molecular formula is C21H16Cl2N2O2. The molecule has 6 heteroatoms. The van der Waals surface area contributed by atoms with Crippen LogP contribution in [0.15, 0.2) is 60.7 Å². The highest BCUT2D eigenvalue weighted by atomic mass is 35.5. The minimum Gasteiger partial charge on any atom is -0.319 e. The first-order valence-electron chi connectivity index (χ1n) is 8.46. The third-order valence-corrected chi connectivity index (χ3v) is 5.53. The van der Waals surface area contributed by atoms with Gasteiger partial charge in [-0.3, -0.25) is 9.69 Å². The van der Waals surface area contributed by atoms with Crippen molar-refractivity contribution in [1.29, 1.82) is 0 Å². The van der Waals surface area contributed by atoms with E-state index in [4.69, 9.17) is 23.2 Å². The molecule has 3 aromatic rings. The molecule has 27 heavy (non-hydrogen) atoms. The first-order valence-corrected chi connectivity index (χ1v) is 9.22. The molecule has 1 aliphatic heterocycles. The monoisotopic (exact) mass is 398 g/mol. The zero-order valence-corrected chi connectivity index (χ0v) is 16.0. The Balaban J connectivity index is 1.73. The molecule has 0 unspecified atom stereocenters. The quantitative estimate of drug-likeness (QED) is 0.622. The Kier molecular flexibility index (Phi) is 4.33. The number of nitrogens with one attached hydrogen (secondary N) is 1. The van der Waals surface area contributed by atoms with E-state index in [1.807, 2.05) is 42.5 Å². The molecule has 1 aliphatic rings. The van der Waals surface area contributed by atoms with Crippen molar-refractivity contribution in [3.05, 3.63) is 81.8 Å². The number of halogens is 2. The molecule has 1 atom stereocenters. The lowest BCUT2D eigenvalue weighted by molar-refractivity contribution is -0.131. The summed E-state index contributed by atoms with van der Waals surface area (Å²) in [5.41, 5.74) is 0.284. The van der Waals surface area contributed by atoms with Crippen LogP contribution in [0.1, 0.15) is 18.1 Å². The average Bonchev–Trinajstić information content (AvgIpc) is 2.87. The average molecular weight is 399 g/mol.